The van der Waals surface area contributed by atoms with Crippen molar-refractivity contribution in [3.63, 3.8) is 0 Å². The summed E-state index contributed by atoms with van der Waals surface area (Å²) in [5, 5.41) is 7.01. The molecule has 31 heavy (non-hydrogen) atoms. The molecule has 7 nitrogen and oxygen atoms in total. The molecule has 1 aromatic heterocycles. The maximum atomic E-state index is 13.0. The number of sulfone groups is 1. The van der Waals surface area contributed by atoms with Gasteiger partial charge in [0.2, 0.25) is 5.91 Å². The Balaban J connectivity index is 1.78. The maximum absolute atomic E-state index is 13.0. The van der Waals surface area contributed by atoms with Crippen molar-refractivity contribution in [1.82, 2.24) is 5.16 Å². The number of anilines is 1. The van der Waals surface area contributed by atoms with Gasteiger partial charge >= 0.3 is 0 Å². The lowest BCUT2D eigenvalue weighted by atomic mass is 10.1. The largest absolute Gasteiger partial charge is 0.495 e. The topological polar surface area (TPSA) is 98.5 Å². The van der Waals surface area contributed by atoms with Gasteiger partial charge in [0.15, 0.2) is 15.6 Å². The summed E-state index contributed by atoms with van der Waals surface area (Å²) < 4.78 is 36.5. The second-order valence-electron chi connectivity index (χ2n) is 7.16. The summed E-state index contributed by atoms with van der Waals surface area (Å²) in [4.78, 5) is 12.6. The Bertz CT molecular complexity index is 1230. The van der Waals surface area contributed by atoms with Gasteiger partial charge in [0.1, 0.15) is 5.75 Å². The number of hydrogen-bond donors (Lipinski definition) is 1. The second-order valence-corrected chi connectivity index (χ2v) is 9.68. The van der Waals surface area contributed by atoms with E-state index in [0.717, 1.165) is 11.3 Å². The first kappa shape index (κ1) is 22.8. The molecule has 0 aliphatic rings. The third kappa shape index (κ3) is 5.08. The first-order valence-corrected chi connectivity index (χ1v) is 11.6. The zero-order chi connectivity index (χ0) is 22.8. The Morgan fingerprint density at radius 3 is 2.55 bits per heavy atom. The molecular formula is C22H23ClN2O5S. The molecule has 0 bridgehead atoms. The molecule has 0 fully saturated rings. The highest BCUT2D eigenvalue weighted by Gasteiger charge is 2.22. The number of hydrogen-bond acceptors (Lipinski definition) is 6. The number of amides is 1. The number of aromatic nitrogens is 1. The zero-order valence-electron chi connectivity index (χ0n) is 17.7. The third-order valence-corrected chi connectivity index (χ3v) is 7.06. The van der Waals surface area contributed by atoms with Crippen molar-refractivity contribution >= 4 is 33.0 Å². The highest BCUT2D eigenvalue weighted by atomic mass is 35.5. The van der Waals surface area contributed by atoms with Gasteiger partial charge in [-0.05, 0) is 50.6 Å². The molecule has 0 aliphatic heterocycles. The Hall–Kier alpha value is -2.84. The van der Waals surface area contributed by atoms with Gasteiger partial charge in [0.25, 0.3) is 0 Å². The molecule has 0 saturated heterocycles. The predicted octanol–water partition coefficient (Wildman–Crippen LogP) is 4.73. The normalized spacial score (nSPS) is 11.4. The number of nitrogens with zero attached hydrogens (tertiary/aromatic N) is 1. The van der Waals surface area contributed by atoms with E-state index >= 15 is 0 Å². The molecule has 0 atom stereocenters. The van der Waals surface area contributed by atoms with E-state index in [1.54, 1.807) is 43.3 Å². The van der Waals surface area contributed by atoms with Crippen LogP contribution in [0.5, 0.6) is 5.75 Å². The van der Waals surface area contributed by atoms with Crippen LogP contribution in [-0.2, 0) is 14.6 Å². The van der Waals surface area contributed by atoms with Gasteiger partial charge in [-0.1, -0.05) is 28.9 Å². The molecule has 0 saturated carbocycles. The summed E-state index contributed by atoms with van der Waals surface area (Å²) in [7, 11) is -2.25. The van der Waals surface area contributed by atoms with Gasteiger partial charge in [-0.25, -0.2) is 8.42 Å². The van der Waals surface area contributed by atoms with Gasteiger partial charge < -0.3 is 14.6 Å². The van der Waals surface area contributed by atoms with Crippen LogP contribution in [0.1, 0.15) is 23.2 Å². The van der Waals surface area contributed by atoms with E-state index in [1.165, 1.54) is 7.11 Å². The average molecular weight is 463 g/mol. The Kier molecular flexibility index (Phi) is 6.71. The molecule has 9 heteroatoms. The van der Waals surface area contributed by atoms with Crippen molar-refractivity contribution in [2.24, 2.45) is 0 Å². The minimum atomic E-state index is -3.72. The molecular weight excluding hydrogens is 440 g/mol. The van der Waals surface area contributed by atoms with E-state index in [-0.39, 0.29) is 17.1 Å². The van der Waals surface area contributed by atoms with Crippen molar-refractivity contribution in [2.45, 2.75) is 32.1 Å². The van der Waals surface area contributed by atoms with Crippen molar-refractivity contribution in [1.29, 1.82) is 0 Å². The van der Waals surface area contributed by atoms with Gasteiger partial charge in [0.05, 0.1) is 29.1 Å². The van der Waals surface area contributed by atoms with Gasteiger partial charge in [-0.15, -0.1) is 0 Å². The number of halogens is 1. The van der Waals surface area contributed by atoms with Crippen LogP contribution in [0.2, 0.25) is 5.02 Å². The van der Waals surface area contributed by atoms with E-state index in [1.807, 2.05) is 13.8 Å². The van der Waals surface area contributed by atoms with Gasteiger partial charge in [0, 0.05) is 22.6 Å². The molecule has 0 spiro atoms. The summed E-state index contributed by atoms with van der Waals surface area (Å²) in [5.41, 5.74) is 3.19. The predicted molar refractivity (Wildman–Crippen MR) is 119 cm³/mol. The van der Waals surface area contributed by atoms with E-state index in [4.69, 9.17) is 20.9 Å². The van der Waals surface area contributed by atoms with Crippen LogP contribution in [0.4, 0.5) is 5.69 Å². The van der Waals surface area contributed by atoms with Crippen LogP contribution in [0, 0.1) is 20.8 Å². The summed E-state index contributed by atoms with van der Waals surface area (Å²) in [5.74, 6) is 0.154. The number of carbonyl (C=O) groups is 1. The van der Waals surface area contributed by atoms with Crippen LogP contribution in [0.25, 0.3) is 11.3 Å². The van der Waals surface area contributed by atoms with Crippen LogP contribution >= 0.6 is 11.6 Å². The minimum absolute atomic E-state index is 0.159. The molecule has 0 radical (unpaired) electrons. The first-order valence-electron chi connectivity index (χ1n) is 9.52. The highest BCUT2D eigenvalue weighted by molar-refractivity contribution is 7.91. The molecule has 1 heterocycles. The van der Waals surface area contributed by atoms with Crippen LogP contribution in [0.3, 0.4) is 0 Å². The van der Waals surface area contributed by atoms with Crippen molar-refractivity contribution < 1.29 is 22.5 Å². The number of methoxy groups -OCH3 is 1. The number of rotatable bonds is 7. The lowest BCUT2D eigenvalue weighted by Gasteiger charge is -2.12. The number of carbonyl (C=O) groups excluding carboxylic acids is 1. The zero-order valence-corrected chi connectivity index (χ0v) is 19.2. The fourth-order valence-corrected chi connectivity index (χ4v) is 4.80. The summed E-state index contributed by atoms with van der Waals surface area (Å²) in [6, 6.07) is 9.87. The van der Waals surface area contributed by atoms with Gasteiger partial charge in [-0.3, -0.25) is 4.79 Å². The average Bonchev–Trinajstić information content (AvgIpc) is 3.06. The van der Waals surface area contributed by atoms with Crippen LogP contribution in [-0.4, -0.2) is 32.3 Å². The fraction of sp³-hybridized carbons (Fsp3) is 0.273. The molecule has 0 unspecified atom stereocenters. The molecule has 2 aromatic carbocycles. The fourth-order valence-electron chi connectivity index (χ4n) is 3.09. The Labute approximate surface area is 186 Å². The molecule has 3 rings (SSSR count). The van der Waals surface area contributed by atoms with Crippen molar-refractivity contribution in [3.8, 4) is 17.1 Å². The highest BCUT2D eigenvalue weighted by Crippen LogP contribution is 2.30. The molecule has 0 aliphatic carbocycles. The first-order chi connectivity index (χ1) is 14.6. The third-order valence-electron chi connectivity index (χ3n) is 4.98. The van der Waals surface area contributed by atoms with Crippen molar-refractivity contribution in [2.75, 3.05) is 18.2 Å². The van der Waals surface area contributed by atoms with Crippen molar-refractivity contribution in [3.05, 3.63) is 58.2 Å². The smallest absolute Gasteiger partial charge is 0.225 e. The molecule has 3 aromatic rings. The SMILES string of the molecule is COc1ccc(Cl)cc1NC(=O)CCS(=O)(=O)c1cc(-c2onc(C)c2C)ccc1C. The van der Waals surface area contributed by atoms with Crippen LogP contribution < -0.4 is 10.1 Å². The molecule has 1 amide bonds. The quantitative estimate of drug-likeness (QED) is 0.545. The maximum Gasteiger partial charge on any atom is 0.225 e. The van der Waals surface area contributed by atoms with E-state index < -0.39 is 15.7 Å². The lowest BCUT2D eigenvalue weighted by Crippen LogP contribution is -2.18. The second kappa shape index (κ2) is 9.11. The Morgan fingerprint density at radius 1 is 1.16 bits per heavy atom. The van der Waals surface area contributed by atoms with E-state index in [9.17, 15) is 13.2 Å². The van der Waals surface area contributed by atoms with E-state index in [2.05, 4.69) is 10.5 Å². The molecule has 164 valence electrons. The van der Waals surface area contributed by atoms with Crippen LogP contribution in [0.15, 0.2) is 45.8 Å². The standard InChI is InChI=1S/C22H23ClN2O5S/c1-13-5-6-16(22-14(2)15(3)25-30-22)11-20(13)31(27,28)10-9-21(26)24-18-12-17(23)7-8-19(18)29-4/h5-8,11-12H,9-10H2,1-4H3,(H,24,26). The number of nitrogens with one attached hydrogen (secondary N) is 1. The monoisotopic (exact) mass is 462 g/mol. The summed E-state index contributed by atoms with van der Waals surface area (Å²) in [6.45, 7) is 5.40. The number of ether oxygens (including phenoxy) is 1. The number of aryl methyl sites for hydroxylation is 2. The van der Waals surface area contributed by atoms with E-state index in [0.29, 0.717) is 33.3 Å². The van der Waals surface area contributed by atoms with Gasteiger partial charge in [-0.2, -0.15) is 0 Å². The lowest BCUT2D eigenvalue weighted by molar-refractivity contribution is -0.115. The molecule has 1 N–H and O–H groups in total. The summed E-state index contributed by atoms with van der Waals surface area (Å²) >= 11 is 5.97. The number of benzene rings is 2. The summed E-state index contributed by atoms with van der Waals surface area (Å²) in [6.07, 6.45) is -0.220. The Morgan fingerprint density at radius 2 is 1.90 bits per heavy atom. The minimum Gasteiger partial charge on any atom is -0.495 e.